The molecule has 20 heavy (non-hydrogen) atoms. The number of hydrogen-bond donors (Lipinski definition) is 1. The van der Waals surface area contributed by atoms with Crippen molar-refractivity contribution in [3.05, 3.63) is 17.2 Å². The third kappa shape index (κ3) is 3.98. The Morgan fingerprint density at radius 3 is 2.20 bits per heavy atom. The first kappa shape index (κ1) is 17.0. The average molecular weight is 360 g/mol. The first-order chi connectivity index (χ1) is 8.95. The molecule has 0 fully saturated rings. The molecule has 0 atom stereocenters. The number of benzene rings is 1. The third-order valence-electron chi connectivity index (χ3n) is 2.02. The van der Waals surface area contributed by atoms with Crippen LogP contribution in [0, 0.1) is 0 Å². The van der Waals surface area contributed by atoms with E-state index >= 15 is 0 Å². The molecule has 11 heteroatoms. The minimum Gasteiger partial charge on any atom is -0.398 e. The Balaban J connectivity index is 3.55. The summed E-state index contributed by atoms with van der Waals surface area (Å²) in [4.78, 5) is 0.356. The molecule has 0 bridgehead atoms. The third-order valence-corrected chi connectivity index (χ3v) is 5.09. The normalized spacial score (nSPS) is 12.8. The standard InChI is InChI=1S/C9H11Cl2N3O4S2/c1-14(2)5-13-20(17,18)8-4-9(19(11,15)16)7(12)3-6(8)10/h3-5H,12H2,1-2H3. The van der Waals surface area contributed by atoms with Crippen molar-refractivity contribution in [3.8, 4) is 0 Å². The molecule has 1 aromatic rings. The van der Waals surface area contributed by atoms with Gasteiger partial charge in [0.25, 0.3) is 19.1 Å². The van der Waals surface area contributed by atoms with Crippen LogP contribution in [-0.4, -0.2) is 42.2 Å². The summed E-state index contributed by atoms with van der Waals surface area (Å²) in [5.74, 6) is 0. The van der Waals surface area contributed by atoms with E-state index in [2.05, 4.69) is 4.40 Å². The molecule has 0 aliphatic rings. The summed E-state index contributed by atoms with van der Waals surface area (Å²) in [6.07, 6.45) is 1.04. The minimum absolute atomic E-state index is 0.248. The topological polar surface area (TPSA) is 110 Å². The van der Waals surface area contributed by atoms with Crippen LogP contribution in [0.1, 0.15) is 0 Å². The summed E-state index contributed by atoms with van der Waals surface area (Å²) in [6.45, 7) is 0. The molecule has 0 radical (unpaired) electrons. The lowest BCUT2D eigenvalue weighted by Crippen LogP contribution is -2.11. The maximum absolute atomic E-state index is 12.0. The number of anilines is 1. The Hall–Kier alpha value is -1.03. The molecule has 0 spiro atoms. The number of rotatable bonds is 4. The Bertz CT molecular complexity index is 758. The minimum atomic E-state index is -4.20. The largest absolute Gasteiger partial charge is 0.398 e. The predicted molar refractivity (Wildman–Crippen MR) is 78.3 cm³/mol. The number of hydrogen-bond acceptors (Lipinski definition) is 5. The highest BCUT2D eigenvalue weighted by molar-refractivity contribution is 8.13. The van der Waals surface area contributed by atoms with E-state index in [0.29, 0.717) is 0 Å². The van der Waals surface area contributed by atoms with E-state index in [-0.39, 0.29) is 10.7 Å². The Kier molecular flexibility index (Phi) is 4.90. The van der Waals surface area contributed by atoms with Crippen LogP contribution < -0.4 is 5.73 Å². The van der Waals surface area contributed by atoms with Crippen LogP contribution >= 0.6 is 22.3 Å². The summed E-state index contributed by atoms with van der Waals surface area (Å²) in [7, 11) is -0.0620. The molecule has 7 nitrogen and oxygen atoms in total. The Morgan fingerprint density at radius 1 is 1.20 bits per heavy atom. The molecule has 2 N–H and O–H groups in total. The van der Waals surface area contributed by atoms with E-state index in [1.54, 1.807) is 14.1 Å². The first-order valence-electron chi connectivity index (χ1n) is 4.95. The summed E-state index contributed by atoms with van der Waals surface area (Å²) < 4.78 is 49.9. The number of nitrogen functional groups attached to an aromatic ring is 1. The molecule has 1 rings (SSSR count). The van der Waals surface area contributed by atoms with E-state index in [9.17, 15) is 16.8 Å². The van der Waals surface area contributed by atoms with Gasteiger partial charge in [-0.25, -0.2) is 8.42 Å². The molecular formula is C9H11Cl2N3O4S2. The van der Waals surface area contributed by atoms with Crippen LogP contribution in [0.5, 0.6) is 0 Å². The van der Waals surface area contributed by atoms with Gasteiger partial charge in [0, 0.05) is 24.8 Å². The zero-order valence-corrected chi connectivity index (χ0v) is 13.6. The second kappa shape index (κ2) is 5.76. The van der Waals surface area contributed by atoms with Crippen LogP contribution in [0.25, 0.3) is 0 Å². The highest BCUT2D eigenvalue weighted by Gasteiger charge is 2.23. The number of nitrogens with two attached hydrogens (primary N) is 1. The lowest BCUT2D eigenvalue weighted by atomic mass is 10.3. The summed E-state index contributed by atoms with van der Waals surface area (Å²) in [5, 5.41) is -0.248. The fraction of sp³-hybridized carbons (Fsp3) is 0.222. The summed E-state index contributed by atoms with van der Waals surface area (Å²) in [6, 6.07) is 1.78. The van der Waals surface area contributed by atoms with Gasteiger partial charge in [-0.2, -0.15) is 8.42 Å². The molecule has 0 unspecified atom stereocenters. The molecule has 0 aliphatic heterocycles. The van der Waals surface area contributed by atoms with Crippen LogP contribution in [0.3, 0.4) is 0 Å². The Labute approximate surface area is 126 Å². The van der Waals surface area contributed by atoms with E-state index in [4.69, 9.17) is 28.0 Å². The molecular weight excluding hydrogens is 349 g/mol. The summed E-state index contributed by atoms with van der Waals surface area (Å²) >= 11 is 5.77. The van der Waals surface area contributed by atoms with Crippen LogP contribution in [0.15, 0.2) is 26.3 Å². The van der Waals surface area contributed by atoms with Crippen molar-refractivity contribution in [1.82, 2.24) is 4.90 Å². The van der Waals surface area contributed by atoms with Crippen molar-refractivity contribution >= 4 is 53.4 Å². The molecule has 0 amide bonds. The lowest BCUT2D eigenvalue weighted by molar-refractivity contribution is 0.594. The van der Waals surface area contributed by atoms with Crippen molar-refractivity contribution in [3.63, 3.8) is 0 Å². The number of sulfonamides is 1. The molecule has 0 saturated carbocycles. The van der Waals surface area contributed by atoms with Gasteiger partial charge in [-0.15, -0.1) is 4.40 Å². The molecule has 0 aromatic heterocycles. The van der Waals surface area contributed by atoms with Gasteiger partial charge in [0.2, 0.25) is 0 Å². The average Bonchev–Trinajstić information content (AvgIpc) is 2.24. The van der Waals surface area contributed by atoms with E-state index in [1.165, 1.54) is 4.90 Å². The monoisotopic (exact) mass is 359 g/mol. The molecule has 0 aliphatic carbocycles. The van der Waals surface area contributed by atoms with Gasteiger partial charge in [-0.05, 0) is 12.1 Å². The van der Waals surface area contributed by atoms with Crippen molar-refractivity contribution < 1.29 is 16.8 Å². The van der Waals surface area contributed by atoms with Crippen molar-refractivity contribution in [1.29, 1.82) is 0 Å². The van der Waals surface area contributed by atoms with E-state index < -0.39 is 28.9 Å². The van der Waals surface area contributed by atoms with Crippen LogP contribution in [0.4, 0.5) is 5.69 Å². The second-order valence-corrected chi connectivity index (χ2v) is 8.46. The predicted octanol–water partition coefficient (Wildman–Crippen LogP) is 1.13. The quantitative estimate of drug-likeness (QED) is 0.373. The van der Waals surface area contributed by atoms with Crippen molar-refractivity contribution in [2.24, 2.45) is 4.40 Å². The van der Waals surface area contributed by atoms with Crippen molar-refractivity contribution in [2.45, 2.75) is 9.79 Å². The fourth-order valence-electron chi connectivity index (χ4n) is 1.17. The van der Waals surface area contributed by atoms with Crippen molar-refractivity contribution in [2.75, 3.05) is 19.8 Å². The molecule has 1 aromatic carbocycles. The van der Waals surface area contributed by atoms with Gasteiger partial charge >= 0.3 is 0 Å². The van der Waals surface area contributed by atoms with Gasteiger partial charge in [-0.3, -0.25) is 0 Å². The second-order valence-electron chi connectivity index (χ2n) is 3.92. The highest BCUT2D eigenvalue weighted by atomic mass is 35.7. The van der Waals surface area contributed by atoms with Gasteiger partial charge in [0.05, 0.1) is 10.7 Å². The smallest absolute Gasteiger partial charge is 0.285 e. The summed E-state index contributed by atoms with van der Waals surface area (Å²) in [5.41, 5.74) is 5.20. The first-order valence-corrected chi connectivity index (χ1v) is 9.08. The maximum Gasteiger partial charge on any atom is 0.285 e. The van der Waals surface area contributed by atoms with E-state index in [0.717, 1.165) is 18.5 Å². The SMILES string of the molecule is CN(C)C=NS(=O)(=O)c1cc(S(=O)(=O)Cl)c(N)cc1Cl. The Morgan fingerprint density at radius 2 is 1.75 bits per heavy atom. The molecule has 0 heterocycles. The zero-order chi connectivity index (χ0) is 15.7. The number of nitrogens with zero attached hydrogens (tertiary/aromatic N) is 2. The highest BCUT2D eigenvalue weighted by Crippen LogP contribution is 2.32. The van der Waals surface area contributed by atoms with Gasteiger partial charge in [-0.1, -0.05) is 11.6 Å². The fourth-order valence-corrected chi connectivity index (χ4v) is 3.71. The zero-order valence-electron chi connectivity index (χ0n) is 10.4. The van der Waals surface area contributed by atoms with E-state index in [1.807, 2.05) is 0 Å². The number of halogens is 2. The van der Waals surface area contributed by atoms with Gasteiger partial charge < -0.3 is 10.6 Å². The van der Waals surface area contributed by atoms with Crippen LogP contribution in [-0.2, 0) is 19.1 Å². The molecule has 112 valence electrons. The van der Waals surface area contributed by atoms with Gasteiger partial charge in [0.15, 0.2) is 0 Å². The molecule has 0 saturated heterocycles. The maximum atomic E-state index is 12.0. The van der Waals surface area contributed by atoms with Gasteiger partial charge in [0.1, 0.15) is 16.1 Å². The lowest BCUT2D eigenvalue weighted by Gasteiger charge is -2.08. The van der Waals surface area contributed by atoms with Crippen LogP contribution in [0.2, 0.25) is 5.02 Å².